The van der Waals surface area contributed by atoms with Gasteiger partial charge in [0.25, 0.3) is 5.91 Å². The largest absolute Gasteiger partial charge is 0.335 e. The van der Waals surface area contributed by atoms with Gasteiger partial charge in [-0.2, -0.15) is 0 Å². The van der Waals surface area contributed by atoms with Crippen LogP contribution in [0.25, 0.3) is 0 Å². The van der Waals surface area contributed by atoms with E-state index in [1.54, 1.807) is 18.2 Å². The molecule has 0 aromatic heterocycles. The first-order chi connectivity index (χ1) is 10.1. The first-order valence-electron chi connectivity index (χ1n) is 7.84. The predicted molar refractivity (Wildman–Crippen MR) is 84.7 cm³/mol. The highest BCUT2D eigenvalue weighted by atomic mass is 79.9. The van der Waals surface area contributed by atoms with Crippen LogP contribution in [0, 0.1) is 17.7 Å². The molecule has 0 spiro atoms. The molecular weight excluding hydrogens is 333 g/mol. The molecule has 3 unspecified atom stereocenters. The van der Waals surface area contributed by atoms with Crippen molar-refractivity contribution in [2.75, 3.05) is 6.54 Å². The third-order valence-corrected chi connectivity index (χ3v) is 5.79. The molecule has 21 heavy (non-hydrogen) atoms. The van der Waals surface area contributed by atoms with E-state index in [-0.39, 0.29) is 11.5 Å². The molecule has 1 saturated heterocycles. The fraction of sp³-hybridized carbons (Fsp3) is 0.588. The Kier molecular flexibility index (Phi) is 4.34. The van der Waals surface area contributed by atoms with Crippen LogP contribution in [0.15, 0.2) is 22.7 Å². The highest BCUT2D eigenvalue weighted by Gasteiger charge is 2.40. The number of fused-ring (bicyclic) bond motifs is 1. The van der Waals surface area contributed by atoms with Crippen LogP contribution in [0.1, 0.15) is 49.4 Å². The van der Waals surface area contributed by atoms with Crippen LogP contribution in [0.2, 0.25) is 0 Å². The van der Waals surface area contributed by atoms with Crippen molar-refractivity contribution in [2.24, 2.45) is 11.8 Å². The van der Waals surface area contributed by atoms with Crippen LogP contribution in [-0.2, 0) is 0 Å². The van der Waals surface area contributed by atoms with Crippen molar-refractivity contribution in [3.05, 3.63) is 34.1 Å². The number of piperidine rings is 1. The van der Waals surface area contributed by atoms with Gasteiger partial charge in [-0.15, -0.1) is 0 Å². The van der Waals surface area contributed by atoms with Crippen molar-refractivity contribution in [1.29, 1.82) is 0 Å². The molecule has 4 heteroatoms. The average molecular weight is 354 g/mol. The molecule has 0 bridgehead atoms. The van der Waals surface area contributed by atoms with Crippen molar-refractivity contribution in [1.82, 2.24) is 4.90 Å². The SMILES string of the molecule is CC1CCN(C(=O)c2cccc(Br)c2F)C2CCCCC12. The van der Waals surface area contributed by atoms with E-state index in [9.17, 15) is 9.18 Å². The minimum atomic E-state index is -0.437. The maximum Gasteiger partial charge on any atom is 0.257 e. The Morgan fingerprint density at radius 3 is 2.86 bits per heavy atom. The summed E-state index contributed by atoms with van der Waals surface area (Å²) in [6, 6.07) is 5.26. The van der Waals surface area contributed by atoms with Crippen LogP contribution in [0.4, 0.5) is 4.39 Å². The fourth-order valence-corrected chi connectivity index (χ4v) is 4.36. The van der Waals surface area contributed by atoms with Gasteiger partial charge in [-0.25, -0.2) is 4.39 Å². The Morgan fingerprint density at radius 2 is 2.05 bits per heavy atom. The lowest BCUT2D eigenvalue weighted by Crippen LogP contribution is -2.52. The number of amides is 1. The second-order valence-electron chi connectivity index (χ2n) is 6.38. The Labute approximate surface area is 133 Å². The first kappa shape index (κ1) is 15.0. The van der Waals surface area contributed by atoms with Crippen LogP contribution >= 0.6 is 15.9 Å². The number of halogens is 2. The van der Waals surface area contributed by atoms with E-state index in [0.29, 0.717) is 22.4 Å². The maximum absolute atomic E-state index is 14.2. The number of carbonyl (C=O) groups excluding carboxylic acids is 1. The summed E-state index contributed by atoms with van der Waals surface area (Å²) in [6.07, 6.45) is 5.74. The molecule has 2 fully saturated rings. The Morgan fingerprint density at radius 1 is 1.29 bits per heavy atom. The third-order valence-electron chi connectivity index (χ3n) is 5.18. The molecule has 1 aliphatic heterocycles. The fourth-order valence-electron chi connectivity index (χ4n) is 3.99. The smallest absolute Gasteiger partial charge is 0.257 e. The zero-order valence-electron chi connectivity index (χ0n) is 12.3. The van der Waals surface area contributed by atoms with Gasteiger partial charge in [0.05, 0.1) is 10.0 Å². The normalized spacial score (nSPS) is 29.1. The molecule has 2 aliphatic rings. The summed E-state index contributed by atoms with van der Waals surface area (Å²) < 4.78 is 14.6. The number of rotatable bonds is 1. The molecule has 1 saturated carbocycles. The van der Waals surface area contributed by atoms with Gasteiger partial charge >= 0.3 is 0 Å². The van der Waals surface area contributed by atoms with Gasteiger partial charge in [0.1, 0.15) is 5.82 Å². The molecule has 1 aromatic carbocycles. The van der Waals surface area contributed by atoms with E-state index in [1.807, 2.05) is 4.90 Å². The summed E-state index contributed by atoms with van der Waals surface area (Å²) >= 11 is 3.17. The van der Waals surface area contributed by atoms with Crippen molar-refractivity contribution in [3.63, 3.8) is 0 Å². The summed E-state index contributed by atoms with van der Waals surface area (Å²) in [4.78, 5) is 14.7. The van der Waals surface area contributed by atoms with Crippen molar-refractivity contribution < 1.29 is 9.18 Å². The first-order valence-corrected chi connectivity index (χ1v) is 8.64. The molecule has 3 rings (SSSR count). The summed E-state index contributed by atoms with van der Waals surface area (Å²) in [7, 11) is 0. The van der Waals surface area contributed by atoms with Gasteiger partial charge in [-0.05, 0) is 59.2 Å². The lowest BCUT2D eigenvalue weighted by molar-refractivity contribution is 0.0214. The van der Waals surface area contributed by atoms with Crippen molar-refractivity contribution in [3.8, 4) is 0 Å². The molecule has 3 atom stereocenters. The zero-order valence-corrected chi connectivity index (χ0v) is 13.9. The molecule has 1 amide bonds. The quantitative estimate of drug-likeness (QED) is 0.720. The number of hydrogen-bond donors (Lipinski definition) is 0. The lowest BCUT2D eigenvalue weighted by atomic mass is 9.72. The number of benzene rings is 1. The Hall–Kier alpha value is -0.900. The molecular formula is C17H21BrFNO. The van der Waals surface area contributed by atoms with Crippen LogP contribution in [-0.4, -0.2) is 23.4 Å². The van der Waals surface area contributed by atoms with Crippen molar-refractivity contribution >= 4 is 21.8 Å². The van der Waals surface area contributed by atoms with Gasteiger partial charge in [0.15, 0.2) is 0 Å². The molecule has 1 aromatic rings. The molecule has 114 valence electrons. The zero-order chi connectivity index (χ0) is 15.0. The van der Waals surface area contributed by atoms with Gasteiger partial charge in [-0.3, -0.25) is 4.79 Å². The van der Waals surface area contributed by atoms with Crippen LogP contribution in [0.5, 0.6) is 0 Å². The van der Waals surface area contributed by atoms with E-state index in [0.717, 1.165) is 19.4 Å². The van der Waals surface area contributed by atoms with Gasteiger partial charge < -0.3 is 4.90 Å². The molecule has 1 aliphatic carbocycles. The lowest BCUT2D eigenvalue weighted by Gasteiger charge is -2.47. The number of carbonyl (C=O) groups is 1. The summed E-state index contributed by atoms with van der Waals surface area (Å²) in [5, 5.41) is 0. The third kappa shape index (κ3) is 2.75. The van der Waals surface area contributed by atoms with Crippen LogP contribution in [0.3, 0.4) is 0 Å². The summed E-state index contributed by atoms with van der Waals surface area (Å²) in [5.41, 5.74) is 0.197. The van der Waals surface area contributed by atoms with Crippen molar-refractivity contribution in [2.45, 2.75) is 45.1 Å². The second-order valence-corrected chi connectivity index (χ2v) is 7.24. The average Bonchev–Trinajstić information content (AvgIpc) is 2.50. The van der Waals surface area contributed by atoms with Gasteiger partial charge in [-0.1, -0.05) is 25.8 Å². The summed E-state index contributed by atoms with van der Waals surface area (Å²) in [5.74, 6) is 0.685. The van der Waals surface area contributed by atoms with E-state index in [4.69, 9.17) is 0 Å². The van der Waals surface area contributed by atoms with E-state index < -0.39 is 5.82 Å². The minimum Gasteiger partial charge on any atom is -0.335 e. The second kappa shape index (κ2) is 6.07. The van der Waals surface area contributed by atoms with Gasteiger partial charge in [0, 0.05) is 12.6 Å². The van der Waals surface area contributed by atoms with E-state index in [1.165, 1.54) is 19.3 Å². The van der Waals surface area contributed by atoms with Gasteiger partial charge in [0.2, 0.25) is 0 Å². The molecule has 0 radical (unpaired) electrons. The minimum absolute atomic E-state index is 0.141. The molecule has 1 heterocycles. The monoisotopic (exact) mass is 353 g/mol. The molecule has 0 N–H and O–H groups in total. The number of likely N-dealkylation sites (tertiary alicyclic amines) is 1. The highest BCUT2D eigenvalue weighted by Crippen LogP contribution is 2.39. The maximum atomic E-state index is 14.2. The predicted octanol–water partition coefficient (Wildman–Crippen LogP) is 4.63. The Balaban J connectivity index is 1.88. The van der Waals surface area contributed by atoms with Crippen LogP contribution < -0.4 is 0 Å². The standard InChI is InChI=1S/C17H21BrFNO/c1-11-9-10-20(15-8-3-2-5-12(11)15)17(21)13-6-4-7-14(18)16(13)19/h4,6-7,11-12,15H,2-3,5,8-10H2,1H3. The van der Waals surface area contributed by atoms with E-state index >= 15 is 0 Å². The number of nitrogens with zero attached hydrogens (tertiary/aromatic N) is 1. The topological polar surface area (TPSA) is 20.3 Å². The highest BCUT2D eigenvalue weighted by molar-refractivity contribution is 9.10. The molecule has 2 nitrogen and oxygen atoms in total. The van der Waals surface area contributed by atoms with E-state index in [2.05, 4.69) is 22.9 Å². The summed E-state index contributed by atoms with van der Waals surface area (Å²) in [6.45, 7) is 3.05. The Bertz CT molecular complexity index is 548. The number of hydrogen-bond acceptors (Lipinski definition) is 1.